The predicted octanol–water partition coefficient (Wildman–Crippen LogP) is 3.46. The zero-order valence-corrected chi connectivity index (χ0v) is 11.9. The molecular weight excluding hydrogens is 284 g/mol. The van der Waals surface area contributed by atoms with E-state index in [-0.39, 0.29) is 5.60 Å². The zero-order valence-electron chi connectivity index (χ0n) is 10.3. The number of hydrogen-bond acceptors (Lipinski definition) is 3. The van der Waals surface area contributed by atoms with Gasteiger partial charge in [0.25, 0.3) is 0 Å². The highest BCUT2D eigenvalue weighted by molar-refractivity contribution is 9.10. The van der Waals surface area contributed by atoms with Crippen LogP contribution >= 0.6 is 15.9 Å². The second kappa shape index (κ2) is 6.17. The summed E-state index contributed by atoms with van der Waals surface area (Å²) in [5.41, 5.74) is 0.339. The van der Waals surface area contributed by atoms with E-state index in [9.17, 15) is 4.79 Å². The van der Waals surface area contributed by atoms with Crippen LogP contribution in [-0.2, 0) is 4.74 Å². The molecule has 0 aromatic heterocycles. The molecule has 0 spiro atoms. The van der Waals surface area contributed by atoms with Crippen LogP contribution in [0, 0.1) is 0 Å². The van der Waals surface area contributed by atoms with Crippen LogP contribution < -0.4 is 4.74 Å². The molecule has 0 aliphatic rings. The number of rotatable bonds is 6. The molecule has 0 atom stereocenters. The quantitative estimate of drug-likeness (QED) is 0.755. The summed E-state index contributed by atoms with van der Waals surface area (Å²) in [6.45, 7) is 4.51. The van der Waals surface area contributed by atoms with Crippen molar-refractivity contribution in [2.24, 2.45) is 0 Å². The van der Waals surface area contributed by atoms with Crippen LogP contribution in [0.1, 0.15) is 30.6 Å². The van der Waals surface area contributed by atoms with Crippen molar-refractivity contribution < 1.29 is 14.3 Å². The van der Waals surface area contributed by atoms with Gasteiger partial charge in [0, 0.05) is 18.0 Å². The summed E-state index contributed by atoms with van der Waals surface area (Å²) in [4.78, 5) is 10.9. The number of methoxy groups -OCH3 is 1. The number of halogens is 1. The van der Waals surface area contributed by atoms with Gasteiger partial charge >= 0.3 is 0 Å². The van der Waals surface area contributed by atoms with Crippen LogP contribution in [0.5, 0.6) is 5.75 Å². The van der Waals surface area contributed by atoms with Crippen molar-refractivity contribution in [3.05, 3.63) is 28.2 Å². The Balaban J connectivity index is 2.60. The van der Waals surface area contributed by atoms with Gasteiger partial charge in [0.2, 0.25) is 0 Å². The zero-order chi connectivity index (χ0) is 12.9. The molecule has 0 amide bonds. The Hall–Kier alpha value is -0.870. The summed E-state index contributed by atoms with van der Waals surface area (Å²) in [6, 6.07) is 5.38. The second-order valence-electron chi connectivity index (χ2n) is 4.36. The standard InChI is InChI=1S/C13H17BrO3/c1-13(2,16-3)6-7-17-12-5-4-11(14)8-10(12)9-15/h4-5,8-9H,6-7H2,1-3H3. The summed E-state index contributed by atoms with van der Waals surface area (Å²) in [5.74, 6) is 0.607. The smallest absolute Gasteiger partial charge is 0.153 e. The summed E-state index contributed by atoms with van der Waals surface area (Å²) in [5, 5.41) is 0. The highest BCUT2D eigenvalue weighted by Gasteiger charge is 2.16. The number of hydrogen-bond donors (Lipinski definition) is 0. The molecule has 0 radical (unpaired) electrons. The number of carbonyl (C=O) groups excluding carboxylic acids is 1. The lowest BCUT2D eigenvalue weighted by molar-refractivity contribution is 0.00542. The third-order valence-corrected chi connectivity index (χ3v) is 3.11. The van der Waals surface area contributed by atoms with Crippen molar-refractivity contribution in [3.8, 4) is 5.75 Å². The lowest BCUT2D eigenvalue weighted by Gasteiger charge is -2.22. The molecule has 0 saturated carbocycles. The van der Waals surface area contributed by atoms with Gasteiger partial charge in [0.15, 0.2) is 6.29 Å². The van der Waals surface area contributed by atoms with E-state index in [0.717, 1.165) is 17.2 Å². The SMILES string of the molecule is COC(C)(C)CCOc1ccc(Br)cc1C=O. The Morgan fingerprint density at radius 2 is 2.12 bits per heavy atom. The Morgan fingerprint density at radius 3 is 2.71 bits per heavy atom. The molecule has 0 aliphatic carbocycles. The van der Waals surface area contributed by atoms with Crippen molar-refractivity contribution >= 4 is 22.2 Å². The van der Waals surface area contributed by atoms with Gasteiger partial charge < -0.3 is 9.47 Å². The largest absolute Gasteiger partial charge is 0.493 e. The fourth-order valence-corrected chi connectivity index (χ4v) is 1.63. The first-order valence-corrected chi connectivity index (χ1v) is 6.20. The van der Waals surface area contributed by atoms with Gasteiger partial charge in [-0.2, -0.15) is 0 Å². The van der Waals surface area contributed by atoms with Crippen LogP contribution in [-0.4, -0.2) is 25.6 Å². The fourth-order valence-electron chi connectivity index (χ4n) is 1.25. The van der Waals surface area contributed by atoms with E-state index in [0.29, 0.717) is 17.9 Å². The topological polar surface area (TPSA) is 35.5 Å². The molecule has 0 N–H and O–H groups in total. The summed E-state index contributed by atoms with van der Waals surface area (Å²) in [6.07, 6.45) is 1.55. The number of benzene rings is 1. The highest BCUT2D eigenvalue weighted by Crippen LogP contribution is 2.22. The molecular formula is C13H17BrO3. The Labute approximate surface area is 110 Å². The van der Waals surface area contributed by atoms with E-state index >= 15 is 0 Å². The summed E-state index contributed by atoms with van der Waals surface area (Å²) >= 11 is 3.31. The molecule has 94 valence electrons. The Bertz CT molecular complexity index is 388. The second-order valence-corrected chi connectivity index (χ2v) is 5.28. The van der Waals surface area contributed by atoms with Crippen molar-refractivity contribution in [2.75, 3.05) is 13.7 Å². The highest BCUT2D eigenvalue weighted by atomic mass is 79.9. The molecule has 1 rings (SSSR count). The van der Waals surface area contributed by atoms with Crippen molar-refractivity contribution in [1.29, 1.82) is 0 Å². The lowest BCUT2D eigenvalue weighted by Crippen LogP contribution is -2.25. The number of ether oxygens (including phenoxy) is 2. The summed E-state index contributed by atoms with van der Waals surface area (Å²) < 4.78 is 11.7. The Morgan fingerprint density at radius 1 is 1.41 bits per heavy atom. The molecule has 4 heteroatoms. The van der Waals surface area contributed by atoms with Crippen LogP contribution in [0.25, 0.3) is 0 Å². The number of carbonyl (C=O) groups is 1. The molecule has 17 heavy (non-hydrogen) atoms. The maximum Gasteiger partial charge on any atom is 0.153 e. The van der Waals surface area contributed by atoms with Crippen LogP contribution in [0.4, 0.5) is 0 Å². The molecule has 0 fully saturated rings. The molecule has 0 saturated heterocycles. The molecule has 0 bridgehead atoms. The first-order chi connectivity index (χ1) is 7.98. The van der Waals surface area contributed by atoms with Gasteiger partial charge in [-0.15, -0.1) is 0 Å². The van der Waals surface area contributed by atoms with Gasteiger partial charge in [-0.1, -0.05) is 15.9 Å². The van der Waals surface area contributed by atoms with Crippen molar-refractivity contribution in [1.82, 2.24) is 0 Å². The third-order valence-electron chi connectivity index (χ3n) is 2.61. The molecule has 0 unspecified atom stereocenters. The van der Waals surface area contributed by atoms with Gasteiger partial charge in [0.05, 0.1) is 17.8 Å². The molecule has 1 aromatic carbocycles. The lowest BCUT2D eigenvalue weighted by atomic mass is 10.1. The monoisotopic (exact) mass is 300 g/mol. The van der Waals surface area contributed by atoms with E-state index in [2.05, 4.69) is 15.9 Å². The predicted molar refractivity (Wildman–Crippen MR) is 70.7 cm³/mol. The minimum Gasteiger partial charge on any atom is -0.493 e. The Kier molecular flexibility index (Phi) is 5.15. The minimum atomic E-state index is -0.212. The minimum absolute atomic E-state index is 0.212. The van der Waals surface area contributed by atoms with E-state index in [4.69, 9.17) is 9.47 Å². The molecule has 3 nitrogen and oxygen atoms in total. The van der Waals surface area contributed by atoms with Gasteiger partial charge in [-0.05, 0) is 32.0 Å². The van der Waals surface area contributed by atoms with Crippen molar-refractivity contribution in [2.45, 2.75) is 25.9 Å². The first kappa shape index (κ1) is 14.2. The van der Waals surface area contributed by atoms with Crippen LogP contribution in [0.3, 0.4) is 0 Å². The average Bonchev–Trinajstić information content (AvgIpc) is 2.30. The van der Waals surface area contributed by atoms with Crippen molar-refractivity contribution in [3.63, 3.8) is 0 Å². The maximum absolute atomic E-state index is 10.9. The van der Waals surface area contributed by atoms with Gasteiger partial charge in [-0.25, -0.2) is 0 Å². The fraction of sp³-hybridized carbons (Fsp3) is 0.462. The van der Waals surface area contributed by atoms with Crippen LogP contribution in [0.2, 0.25) is 0 Å². The van der Waals surface area contributed by atoms with Crippen LogP contribution in [0.15, 0.2) is 22.7 Å². The molecule has 0 heterocycles. The third kappa shape index (κ3) is 4.48. The van der Waals surface area contributed by atoms with Gasteiger partial charge in [0.1, 0.15) is 5.75 Å². The normalized spacial score (nSPS) is 11.3. The summed E-state index contributed by atoms with van der Waals surface area (Å²) in [7, 11) is 1.68. The van der Waals surface area contributed by atoms with E-state index in [1.54, 1.807) is 19.2 Å². The molecule has 0 aliphatic heterocycles. The average molecular weight is 301 g/mol. The van der Waals surface area contributed by atoms with E-state index < -0.39 is 0 Å². The molecule has 1 aromatic rings. The first-order valence-electron chi connectivity index (χ1n) is 5.41. The number of aldehydes is 1. The van der Waals surface area contributed by atoms with Gasteiger partial charge in [-0.3, -0.25) is 4.79 Å². The van der Waals surface area contributed by atoms with E-state index in [1.807, 2.05) is 19.9 Å². The van der Waals surface area contributed by atoms with E-state index in [1.165, 1.54) is 0 Å². The maximum atomic E-state index is 10.9.